The Morgan fingerprint density at radius 1 is 1.60 bits per heavy atom. The third-order valence-electron chi connectivity index (χ3n) is 2.35. The molecule has 0 bridgehead atoms. The van der Waals surface area contributed by atoms with E-state index in [0.717, 1.165) is 17.8 Å². The average molecular weight is 134 g/mol. The zero-order valence-corrected chi connectivity index (χ0v) is 5.79. The fourth-order valence-electron chi connectivity index (χ4n) is 1.60. The molecule has 1 nitrogen and oxygen atoms in total. The topological polar surface area (TPSA) is 17.1 Å². The maximum Gasteiger partial charge on any atom is 0.146 e. The quantitative estimate of drug-likeness (QED) is 0.499. The highest BCUT2D eigenvalue weighted by Gasteiger charge is 2.38. The van der Waals surface area contributed by atoms with Gasteiger partial charge in [-0.2, -0.15) is 0 Å². The molecule has 1 fully saturated rings. The van der Waals surface area contributed by atoms with Gasteiger partial charge in [-0.1, -0.05) is 18.2 Å². The largest absolute Gasteiger partial charge is 0.298 e. The number of hydrogen-bond donors (Lipinski definition) is 0. The van der Waals surface area contributed by atoms with Crippen LogP contribution in [-0.4, -0.2) is 6.29 Å². The number of allylic oxidation sites excluding steroid dienone is 4. The van der Waals surface area contributed by atoms with Crippen LogP contribution in [0.15, 0.2) is 23.8 Å². The molecule has 0 aromatic carbocycles. The molecule has 2 unspecified atom stereocenters. The molecule has 0 N–H and O–H groups in total. The fraction of sp³-hybridized carbons (Fsp3) is 0.444. The zero-order chi connectivity index (χ0) is 6.97. The van der Waals surface area contributed by atoms with Crippen LogP contribution in [0.3, 0.4) is 0 Å². The summed E-state index contributed by atoms with van der Waals surface area (Å²) >= 11 is 0. The average Bonchev–Trinajstić information content (AvgIpc) is 2.63. The van der Waals surface area contributed by atoms with E-state index in [9.17, 15) is 4.79 Å². The van der Waals surface area contributed by atoms with Crippen molar-refractivity contribution in [3.63, 3.8) is 0 Å². The van der Waals surface area contributed by atoms with E-state index in [0.29, 0.717) is 5.92 Å². The van der Waals surface area contributed by atoms with Crippen LogP contribution < -0.4 is 0 Å². The van der Waals surface area contributed by atoms with E-state index in [4.69, 9.17) is 0 Å². The van der Waals surface area contributed by atoms with Gasteiger partial charge in [0.1, 0.15) is 6.29 Å². The second kappa shape index (κ2) is 2.08. The smallest absolute Gasteiger partial charge is 0.146 e. The van der Waals surface area contributed by atoms with Gasteiger partial charge < -0.3 is 0 Å². The van der Waals surface area contributed by atoms with Gasteiger partial charge >= 0.3 is 0 Å². The first-order valence-electron chi connectivity index (χ1n) is 3.73. The lowest BCUT2D eigenvalue weighted by molar-refractivity contribution is -0.105. The molecular weight excluding hydrogens is 124 g/mol. The molecule has 2 aliphatic carbocycles. The summed E-state index contributed by atoms with van der Waals surface area (Å²) in [6, 6.07) is 0. The lowest BCUT2D eigenvalue weighted by Gasteiger charge is -1.90. The molecule has 10 heavy (non-hydrogen) atoms. The molecule has 0 aromatic heterocycles. The van der Waals surface area contributed by atoms with Crippen molar-refractivity contribution in [3.05, 3.63) is 23.8 Å². The SMILES string of the molecule is O=CC1=CC=CCC2CC12. The number of aldehydes is 1. The summed E-state index contributed by atoms with van der Waals surface area (Å²) < 4.78 is 0. The summed E-state index contributed by atoms with van der Waals surface area (Å²) in [5, 5.41) is 0. The van der Waals surface area contributed by atoms with Crippen LogP contribution in [-0.2, 0) is 4.79 Å². The molecule has 0 heterocycles. The first-order chi connectivity index (χ1) is 4.92. The number of carbonyl (C=O) groups excluding carboxylic acids is 1. The van der Waals surface area contributed by atoms with Crippen LogP contribution in [0.5, 0.6) is 0 Å². The minimum absolute atomic E-state index is 0.604. The van der Waals surface area contributed by atoms with Gasteiger partial charge in [-0.15, -0.1) is 0 Å². The van der Waals surface area contributed by atoms with E-state index < -0.39 is 0 Å². The Bertz CT molecular complexity index is 213. The van der Waals surface area contributed by atoms with Gasteiger partial charge in [-0.25, -0.2) is 0 Å². The van der Waals surface area contributed by atoms with E-state index in [2.05, 4.69) is 6.08 Å². The summed E-state index contributed by atoms with van der Waals surface area (Å²) in [6.45, 7) is 0. The summed E-state index contributed by atoms with van der Waals surface area (Å²) in [7, 11) is 0. The molecule has 0 radical (unpaired) electrons. The third-order valence-corrected chi connectivity index (χ3v) is 2.35. The lowest BCUT2D eigenvalue weighted by atomic mass is 10.1. The molecule has 0 saturated heterocycles. The van der Waals surface area contributed by atoms with Crippen molar-refractivity contribution in [3.8, 4) is 0 Å². The summed E-state index contributed by atoms with van der Waals surface area (Å²) in [5.41, 5.74) is 0.999. The van der Waals surface area contributed by atoms with Crippen molar-refractivity contribution >= 4 is 6.29 Å². The van der Waals surface area contributed by atoms with Gasteiger partial charge in [0.15, 0.2) is 0 Å². The van der Waals surface area contributed by atoms with Crippen LogP contribution in [0, 0.1) is 11.8 Å². The highest BCUT2D eigenvalue weighted by Crippen LogP contribution is 2.47. The molecule has 0 spiro atoms. The van der Waals surface area contributed by atoms with Crippen LogP contribution in [0.4, 0.5) is 0 Å². The van der Waals surface area contributed by atoms with E-state index in [1.165, 1.54) is 12.8 Å². The predicted octanol–water partition coefficient (Wildman–Crippen LogP) is 1.71. The molecule has 2 rings (SSSR count). The molecular formula is C9H10O. The molecule has 2 aliphatic rings. The summed E-state index contributed by atoms with van der Waals surface area (Å²) in [6.07, 6.45) is 9.50. The van der Waals surface area contributed by atoms with Crippen molar-refractivity contribution in [2.24, 2.45) is 11.8 Å². The molecule has 0 aliphatic heterocycles. The Labute approximate surface area is 60.4 Å². The van der Waals surface area contributed by atoms with Gasteiger partial charge in [0.2, 0.25) is 0 Å². The van der Waals surface area contributed by atoms with Crippen molar-refractivity contribution in [2.45, 2.75) is 12.8 Å². The third kappa shape index (κ3) is 0.821. The molecule has 0 aromatic rings. The van der Waals surface area contributed by atoms with Crippen molar-refractivity contribution in [1.29, 1.82) is 0 Å². The Balaban J connectivity index is 2.22. The standard InChI is InChI=1S/C9H10O/c10-6-8-4-2-1-3-7-5-9(7)8/h1-2,4,6-7,9H,3,5H2. The van der Waals surface area contributed by atoms with E-state index in [-0.39, 0.29) is 0 Å². The van der Waals surface area contributed by atoms with Crippen LogP contribution >= 0.6 is 0 Å². The maximum absolute atomic E-state index is 10.4. The Morgan fingerprint density at radius 3 is 3.30 bits per heavy atom. The predicted molar refractivity (Wildman–Crippen MR) is 39.5 cm³/mol. The van der Waals surface area contributed by atoms with Gasteiger partial charge in [0.25, 0.3) is 0 Å². The highest BCUT2D eigenvalue weighted by atomic mass is 16.1. The highest BCUT2D eigenvalue weighted by molar-refractivity contribution is 5.75. The first kappa shape index (κ1) is 5.90. The first-order valence-corrected chi connectivity index (χ1v) is 3.73. The zero-order valence-electron chi connectivity index (χ0n) is 5.79. The second-order valence-electron chi connectivity index (χ2n) is 3.05. The molecule has 52 valence electrons. The van der Waals surface area contributed by atoms with E-state index in [1.54, 1.807) is 0 Å². The molecule has 1 heteroatoms. The number of carbonyl (C=O) groups is 1. The Kier molecular flexibility index (Phi) is 1.23. The van der Waals surface area contributed by atoms with Crippen LogP contribution in [0.2, 0.25) is 0 Å². The Hall–Kier alpha value is -0.850. The second-order valence-corrected chi connectivity index (χ2v) is 3.05. The fourth-order valence-corrected chi connectivity index (χ4v) is 1.60. The van der Waals surface area contributed by atoms with Crippen molar-refractivity contribution in [1.82, 2.24) is 0 Å². The lowest BCUT2D eigenvalue weighted by Crippen LogP contribution is -1.87. The number of fused-ring (bicyclic) bond motifs is 1. The summed E-state index contributed by atoms with van der Waals surface area (Å²) in [4.78, 5) is 10.4. The van der Waals surface area contributed by atoms with Crippen molar-refractivity contribution < 1.29 is 4.79 Å². The number of rotatable bonds is 1. The van der Waals surface area contributed by atoms with Crippen molar-refractivity contribution in [2.75, 3.05) is 0 Å². The molecule has 1 saturated carbocycles. The van der Waals surface area contributed by atoms with Gasteiger partial charge in [0, 0.05) is 0 Å². The Morgan fingerprint density at radius 2 is 2.50 bits per heavy atom. The van der Waals surface area contributed by atoms with Crippen LogP contribution in [0.1, 0.15) is 12.8 Å². The minimum Gasteiger partial charge on any atom is -0.298 e. The van der Waals surface area contributed by atoms with E-state index in [1.807, 2.05) is 12.2 Å². The van der Waals surface area contributed by atoms with Gasteiger partial charge in [0.05, 0.1) is 0 Å². The number of hydrogen-bond acceptors (Lipinski definition) is 1. The monoisotopic (exact) mass is 134 g/mol. The molecule has 0 amide bonds. The maximum atomic E-state index is 10.4. The summed E-state index contributed by atoms with van der Waals surface area (Å²) in [5.74, 6) is 1.39. The minimum atomic E-state index is 0.604. The van der Waals surface area contributed by atoms with Gasteiger partial charge in [-0.3, -0.25) is 4.79 Å². The van der Waals surface area contributed by atoms with Gasteiger partial charge in [-0.05, 0) is 30.3 Å². The van der Waals surface area contributed by atoms with E-state index >= 15 is 0 Å². The van der Waals surface area contributed by atoms with Crippen LogP contribution in [0.25, 0.3) is 0 Å². The molecule has 2 atom stereocenters. The normalized spacial score (nSPS) is 35.8.